The van der Waals surface area contributed by atoms with Crippen molar-refractivity contribution < 1.29 is 9.59 Å². The molecule has 0 bridgehead atoms. The van der Waals surface area contributed by atoms with Gasteiger partial charge in [0.25, 0.3) is 0 Å². The van der Waals surface area contributed by atoms with Crippen LogP contribution in [0.25, 0.3) is 10.9 Å². The van der Waals surface area contributed by atoms with Crippen LogP contribution in [0.2, 0.25) is 0 Å². The summed E-state index contributed by atoms with van der Waals surface area (Å²) < 4.78 is 1.83. The predicted molar refractivity (Wildman–Crippen MR) is 103 cm³/mol. The van der Waals surface area contributed by atoms with Gasteiger partial charge in [-0.15, -0.1) is 12.4 Å². The van der Waals surface area contributed by atoms with Gasteiger partial charge in [0.2, 0.25) is 11.8 Å². The number of benzene rings is 1. The van der Waals surface area contributed by atoms with Gasteiger partial charge in [-0.3, -0.25) is 19.6 Å². The van der Waals surface area contributed by atoms with Gasteiger partial charge in [0.1, 0.15) is 0 Å². The van der Waals surface area contributed by atoms with Gasteiger partial charge < -0.3 is 10.6 Å². The molecule has 2 saturated heterocycles. The number of hydrogen-bond donors (Lipinski definition) is 2. The standard InChI is InChI=1S/C18H23N5O2.ClH/c1-22-15-10-12(23-8-6-11(19)7-9-23)2-3-13(15)17(21-22)14-4-5-16(24)20-18(14)25;/h2-3,10-11,14H,4-9,19H2,1H3,(H,20,24,25);1H. The number of rotatable bonds is 2. The number of halogens is 1. The number of carbonyl (C=O) groups is 2. The minimum atomic E-state index is -0.361. The number of aryl methyl sites for hydroxylation is 1. The highest BCUT2D eigenvalue weighted by Crippen LogP contribution is 2.32. The molecule has 2 aromatic rings. The maximum absolute atomic E-state index is 12.2. The van der Waals surface area contributed by atoms with Crippen LogP contribution in [-0.4, -0.2) is 40.7 Å². The Bertz CT molecular complexity index is 841. The lowest BCUT2D eigenvalue weighted by molar-refractivity contribution is -0.134. The Kier molecular flexibility index (Phi) is 5.20. The van der Waals surface area contributed by atoms with Gasteiger partial charge in [-0.2, -0.15) is 5.10 Å². The third-order valence-electron chi connectivity index (χ3n) is 5.34. The van der Waals surface area contributed by atoms with E-state index >= 15 is 0 Å². The number of fused-ring (bicyclic) bond motifs is 1. The normalized spacial score (nSPS) is 21.6. The molecule has 0 radical (unpaired) electrons. The Morgan fingerprint density at radius 3 is 2.62 bits per heavy atom. The maximum atomic E-state index is 12.2. The summed E-state index contributed by atoms with van der Waals surface area (Å²) in [7, 11) is 1.90. The number of nitrogens with two attached hydrogens (primary N) is 1. The fourth-order valence-corrected chi connectivity index (χ4v) is 3.84. The van der Waals surface area contributed by atoms with Gasteiger partial charge in [-0.05, 0) is 37.5 Å². The highest BCUT2D eigenvalue weighted by atomic mass is 35.5. The summed E-state index contributed by atoms with van der Waals surface area (Å²) in [6, 6.07) is 6.58. The molecule has 8 heteroatoms. The van der Waals surface area contributed by atoms with Crippen LogP contribution in [-0.2, 0) is 16.6 Å². The lowest BCUT2D eigenvalue weighted by Gasteiger charge is -2.32. The number of nitrogens with zero attached hydrogens (tertiary/aromatic N) is 3. The van der Waals surface area contributed by atoms with Crippen LogP contribution in [0.4, 0.5) is 5.69 Å². The van der Waals surface area contributed by atoms with Crippen molar-refractivity contribution in [2.75, 3.05) is 18.0 Å². The second-order valence-corrected chi connectivity index (χ2v) is 7.04. The molecule has 1 atom stereocenters. The number of aromatic nitrogens is 2. The fourth-order valence-electron chi connectivity index (χ4n) is 3.84. The van der Waals surface area contributed by atoms with Crippen LogP contribution in [0.15, 0.2) is 18.2 Å². The van der Waals surface area contributed by atoms with Crippen molar-refractivity contribution in [3.63, 3.8) is 0 Å². The lowest BCUT2D eigenvalue weighted by Crippen LogP contribution is -2.39. The number of imide groups is 1. The molecule has 1 aromatic carbocycles. The zero-order chi connectivity index (χ0) is 17.6. The SMILES string of the molecule is Cl.Cn1nc(C2CCC(=O)NC2=O)c2ccc(N3CCC(N)CC3)cc21. The van der Waals surface area contributed by atoms with Crippen LogP contribution in [0, 0.1) is 0 Å². The van der Waals surface area contributed by atoms with Crippen LogP contribution in [0.5, 0.6) is 0 Å². The van der Waals surface area contributed by atoms with Crippen molar-refractivity contribution in [3.8, 4) is 0 Å². The number of piperidine rings is 2. The number of amides is 2. The molecule has 2 fully saturated rings. The third kappa shape index (κ3) is 3.29. The Hall–Kier alpha value is -2.12. The van der Waals surface area contributed by atoms with Crippen LogP contribution < -0.4 is 16.0 Å². The molecule has 0 spiro atoms. The topological polar surface area (TPSA) is 93.2 Å². The molecule has 3 N–H and O–H groups in total. The van der Waals surface area contributed by atoms with E-state index in [-0.39, 0.29) is 30.1 Å². The van der Waals surface area contributed by atoms with Gasteiger partial charge >= 0.3 is 0 Å². The fraction of sp³-hybridized carbons (Fsp3) is 0.500. The molecule has 1 unspecified atom stereocenters. The number of carbonyl (C=O) groups excluding carboxylic acids is 2. The number of anilines is 1. The molecule has 0 aliphatic carbocycles. The second-order valence-electron chi connectivity index (χ2n) is 7.04. The van der Waals surface area contributed by atoms with E-state index in [9.17, 15) is 9.59 Å². The van der Waals surface area contributed by atoms with E-state index in [0.29, 0.717) is 18.9 Å². The van der Waals surface area contributed by atoms with E-state index in [1.54, 1.807) is 0 Å². The van der Waals surface area contributed by atoms with Crippen molar-refractivity contribution in [1.29, 1.82) is 0 Å². The Labute approximate surface area is 158 Å². The molecule has 2 amide bonds. The number of hydrogen-bond acceptors (Lipinski definition) is 5. The molecule has 2 aliphatic rings. The second kappa shape index (κ2) is 7.25. The molecule has 7 nitrogen and oxygen atoms in total. The summed E-state index contributed by atoms with van der Waals surface area (Å²) in [4.78, 5) is 25.9. The third-order valence-corrected chi connectivity index (χ3v) is 5.34. The van der Waals surface area contributed by atoms with Crippen LogP contribution in [0.3, 0.4) is 0 Å². The molecular weight excluding hydrogens is 354 g/mol. The van der Waals surface area contributed by atoms with E-state index in [1.807, 2.05) is 17.8 Å². The summed E-state index contributed by atoms with van der Waals surface area (Å²) in [6.07, 6.45) is 2.89. The van der Waals surface area contributed by atoms with E-state index in [4.69, 9.17) is 5.73 Å². The molecule has 1 aromatic heterocycles. The molecular formula is C18H24ClN5O2. The largest absolute Gasteiger partial charge is 0.371 e. The zero-order valence-electron chi connectivity index (χ0n) is 14.8. The van der Waals surface area contributed by atoms with Crippen molar-refractivity contribution in [2.45, 2.75) is 37.6 Å². The first-order valence-corrected chi connectivity index (χ1v) is 8.84. The minimum absolute atomic E-state index is 0. The van der Waals surface area contributed by atoms with Gasteiger partial charge in [-0.1, -0.05) is 0 Å². The van der Waals surface area contributed by atoms with Crippen molar-refractivity contribution in [2.24, 2.45) is 12.8 Å². The molecule has 2 aliphatic heterocycles. The van der Waals surface area contributed by atoms with Crippen molar-refractivity contribution in [3.05, 3.63) is 23.9 Å². The lowest BCUT2D eigenvalue weighted by atomic mass is 9.92. The Morgan fingerprint density at radius 1 is 1.19 bits per heavy atom. The monoisotopic (exact) mass is 377 g/mol. The van der Waals surface area contributed by atoms with E-state index in [1.165, 1.54) is 0 Å². The van der Waals surface area contributed by atoms with Gasteiger partial charge in [0, 0.05) is 43.7 Å². The first-order valence-electron chi connectivity index (χ1n) is 8.84. The Balaban J connectivity index is 0.00000196. The maximum Gasteiger partial charge on any atom is 0.235 e. The molecule has 0 saturated carbocycles. The van der Waals surface area contributed by atoms with E-state index in [2.05, 4.69) is 27.4 Å². The molecule has 4 rings (SSSR count). The smallest absolute Gasteiger partial charge is 0.235 e. The quantitative estimate of drug-likeness (QED) is 0.772. The predicted octanol–water partition coefficient (Wildman–Crippen LogP) is 1.44. The van der Waals surface area contributed by atoms with Crippen molar-refractivity contribution in [1.82, 2.24) is 15.1 Å². The average molecular weight is 378 g/mol. The summed E-state index contributed by atoms with van der Waals surface area (Å²) in [5, 5.41) is 8.00. The van der Waals surface area contributed by atoms with Gasteiger partial charge in [0.15, 0.2) is 0 Å². The summed E-state index contributed by atoms with van der Waals surface area (Å²) in [5.41, 5.74) is 8.93. The molecule has 140 valence electrons. The highest BCUT2D eigenvalue weighted by Gasteiger charge is 2.31. The summed E-state index contributed by atoms with van der Waals surface area (Å²) in [6.45, 7) is 1.93. The van der Waals surface area contributed by atoms with Crippen molar-refractivity contribution >= 4 is 40.8 Å². The summed E-state index contributed by atoms with van der Waals surface area (Å²) >= 11 is 0. The van der Waals surface area contributed by atoms with E-state index in [0.717, 1.165) is 48.2 Å². The van der Waals surface area contributed by atoms with Gasteiger partial charge in [-0.25, -0.2) is 0 Å². The Morgan fingerprint density at radius 2 is 1.92 bits per heavy atom. The average Bonchev–Trinajstić information content (AvgIpc) is 2.92. The first kappa shape index (κ1) is 18.7. The van der Waals surface area contributed by atoms with Crippen LogP contribution in [0.1, 0.15) is 37.3 Å². The highest BCUT2D eigenvalue weighted by molar-refractivity contribution is 6.02. The molecule has 3 heterocycles. The first-order chi connectivity index (χ1) is 12.0. The number of nitrogens with one attached hydrogen (secondary N) is 1. The van der Waals surface area contributed by atoms with E-state index < -0.39 is 0 Å². The minimum Gasteiger partial charge on any atom is -0.371 e. The summed E-state index contributed by atoms with van der Waals surface area (Å²) in [5.74, 6) is -0.808. The van der Waals surface area contributed by atoms with Gasteiger partial charge in [0.05, 0.1) is 17.1 Å². The zero-order valence-corrected chi connectivity index (χ0v) is 15.6. The molecule has 26 heavy (non-hydrogen) atoms. The van der Waals surface area contributed by atoms with Crippen LogP contribution >= 0.6 is 12.4 Å².